The van der Waals surface area contributed by atoms with Crippen LogP contribution in [0.1, 0.15) is 22.9 Å². The zero-order chi connectivity index (χ0) is 12.4. The summed E-state index contributed by atoms with van der Waals surface area (Å²) in [7, 11) is 1.72. The predicted molar refractivity (Wildman–Crippen MR) is 63.4 cm³/mol. The largest absolute Gasteiger partial charge is 0.382 e. The van der Waals surface area contributed by atoms with Crippen LogP contribution in [-0.4, -0.2) is 14.9 Å². The van der Waals surface area contributed by atoms with Gasteiger partial charge < -0.3 is 5.11 Å². The summed E-state index contributed by atoms with van der Waals surface area (Å²) < 4.78 is 1.53. The molecule has 1 aromatic carbocycles. The molecule has 0 spiro atoms. The van der Waals surface area contributed by atoms with E-state index in [0.717, 1.165) is 0 Å². The Balaban J connectivity index is 2.37. The highest BCUT2D eigenvalue weighted by atomic mass is 35.5. The fourth-order valence-corrected chi connectivity index (χ4v) is 1.89. The summed E-state index contributed by atoms with van der Waals surface area (Å²) in [5.41, 5.74) is 1.77. The Morgan fingerprint density at radius 2 is 2.06 bits per heavy atom. The van der Waals surface area contributed by atoms with E-state index in [4.69, 9.17) is 16.9 Å². The first kappa shape index (κ1) is 11.6. The molecule has 0 amide bonds. The first-order valence-electron chi connectivity index (χ1n) is 4.99. The highest BCUT2D eigenvalue weighted by molar-refractivity contribution is 6.31. The lowest BCUT2D eigenvalue weighted by molar-refractivity contribution is 0.210. The molecule has 0 radical (unpaired) electrons. The zero-order valence-electron chi connectivity index (χ0n) is 9.13. The Morgan fingerprint density at radius 1 is 1.41 bits per heavy atom. The molecule has 0 aliphatic carbocycles. The summed E-state index contributed by atoms with van der Waals surface area (Å²) in [6, 6.07) is 8.74. The van der Waals surface area contributed by atoms with Crippen molar-refractivity contribution in [2.45, 2.75) is 6.10 Å². The van der Waals surface area contributed by atoms with Crippen LogP contribution in [0.5, 0.6) is 0 Å². The molecule has 1 N–H and O–H groups in total. The second kappa shape index (κ2) is 4.58. The van der Waals surface area contributed by atoms with Crippen molar-refractivity contribution in [2.24, 2.45) is 7.05 Å². The van der Waals surface area contributed by atoms with E-state index in [2.05, 4.69) is 5.10 Å². The molecule has 5 heteroatoms. The minimum absolute atomic E-state index is 0.421. The van der Waals surface area contributed by atoms with E-state index in [-0.39, 0.29) is 0 Å². The molecule has 0 bridgehead atoms. The molecule has 4 nitrogen and oxygen atoms in total. The lowest BCUT2D eigenvalue weighted by atomic mass is 10.0. The standard InChI is InChI=1S/C12H10ClN3O/c1-16-11(10(13)7-15-16)12(17)9-4-2-8(6-14)3-5-9/h2-5,7,12,17H,1H3. The molecule has 1 heterocycles. The summed E-state index contributed by atoms with van der Waals surface area (Å²) in [6.07, 6.45) is 0.645. The fourth-order valence-electron chi connectivity index (χ4n) is 1.63. The molecule has 86 valence electrons. The monoisotopic (exact) mass is 247 g/mol. The van der Waals surface area contributed by atoms with Crippen molar-refractivity contribution in [2.75, 3.05) is 0 Å². The van der Waals surface area contributed by atoms with Crippen LogP contribution in [0.3, 0.4) is 0 Å². The summed E-state index contributed by atoms with van der Waals surface area (Å²) in [4.78, 5) is 0. The number of hydrogen-bond donors (Lipinski definition) is 1. The Labute approximate surface area is 104 Å². The van der Waals surface area contributed by atoms with Gasteiger partial charge in [-0.25, -0.2) is 0 Å². The fraction of sp³-hybridized carbons (Fsp3) is 0.167. The van der Waals surface area contributed by atoms with Crippen LogP contribution < -0.4 is 0 Å². The minimum Gasteiger partial charge on any atom is -0.382 e. The molecule has 2 aromatic rings. The van der Waals surface area contributed by atoms with Gasteiger partial charge in [-0.15, -0.1) is 0 Å². The topological polar surface area (TPSA) is 61.8 Å². The maximum absolute atomic E-state index is 10.2. The normalized spacial score (nSPS) is 12.1. The van der Waals surface area contributed by atoms with Gasteiger partial charge in [0, 0.05) is 7.05 Å². The Hall–Kier alpha value is -1.83. The van der Waals surface area contributed by atoms with Gasteiger partial charge in [0.15, 0.2) is 0 Å². The van der Waals surface area contributed by atoms with E-state index >= 15 is 0 Å². The summed E-state index contributed by atoms with van der Waals surface area (Å²) in [6.45, 7) is 0. The van der Waals surface area contributed by atoms with E-state index in [0.29, 0.717) is 21.8 Å². The molecule has 2 rings (SSSR count). The van der Waals surface area contributed by atoms with Gasteiger partial charge in [-0.1, -0.05) is 23.7 Å². The van der Waals surface area contributed by atoms with Crippen molar-refractivity contribution >= 4 is 11.6 Å². The SMILES string of the molecule is Cn1ncc(Cl)c1C(O)c1ccc(C#N)cc1. The summed E-state index contributed by atoms with van der Waals surface area (Å²) in [5, 5.41) is 23.3. The first-order valence-corrected chi connectivity index (χ1v) is 5.37. The van der Waals surface area contributed by atoms with Crippen LogP contribution in [0, 0.1) is 11.3 Å². The third-order valence-corrected chi connectivity index (χ3v) is 2.84. The van der Waals surface area contributed by atoms with E-state index in [1.165, 1.54) is 10.9 Å². The third kappa shape index (κ3) is 2.16. The Kier molecular flexibility index (Phi) is 3.14. The van der Waals surface area contributed by atoms with Crippen molar-refractivity contribution in [3.63, 3.8) is 0 Å². The quantitative estimate of drug-likeness (QED) is 0.883. The average Bonchev–Trinajstić information content (AvgIpc) is 2.68. The van der Waals surface area contributed by atoms with Crippen LogP contribution in [-0.2, 0) is 7.05 Å². The molecule has 0 aliphatic rings. The van der Waals surface area contributed by atoms with E-state index < -0.39 is 6.10 Å². The van der Waals surface area contributed by atoms with Gasteiger partial charge in [0.25, 0.3) is 0 Å². The Bertz CT molecular complexity index is 549. The molecule has 0 saturated carbocycles. The third-order valence-electron chi connectivity index (χ3n) is 2.55. The van der Waals surface area contributed by atoms with Crippen molar-refractivity contribution in [1.82, 2.24) is 9.78 Å². The van der Waals surface area contributed by atoms with Crippen LogP contribution >= 0.6 is 11.6 Å². The maximum atomic E-state index is 10.2. The van der Waals surface area contributed by atoms with Crippen LogP contribution in [0.2, 0.25) is 5.02 Å². The first-order chi connectivity index (χ1) is 8.13. The molecule has 1 aromatic heterocycles. The van der Waals surface area contributed by atoms with Crippen molar-refractivity contribution < 1.29 is 5.11 Å². The highest BCUT2D eigenvalue weighted by Gasteiger charge is 2.18. The average molecular weight is 248 g/mol. The molecular weight excluding hydrogens is 238 g/mol. The summed E-state index contributed by atoms with van der Waals surface area (Å²) in [5.74, 6) is 0. The zero-order valence-corrected chi connectivity index (χ0v) is 9.89. The number of aliphatic hydroxyl groups excluding tert-OH is 1. The minimum atomic E-state index is -0.845. The number of aryl methyl sites for hydroxylation is 1. The molecular formula is C12H10ClN3O. The summed E-state index contributed by atoms with van der Waals surface area (Å²) >= 11 is 5.95. The van der Waals surface area contributed by atoms with Gasteiger partial charge in [0.1, 0.15) is 6.10 Å². The number of aromatic nitrogens is 2. The predicted octanol–water partition coefficient (Wildman–Crippen LogP) is 2.03. The number of benzene rings is 1. The lowest BCUT2D eigenvalue weighted by Crippen LogP contribution is -2.07. The van der Waals surface area contributed by atoms with E-state index in [1.807, 2.05) is 6.07 Å². The van der Waals surface area contributed by atoms with Crippen LogP contribution in [0.15, 0.2) is 30.5 Å². The second-order valence-electron chi connectivity index (χ2n) is 3.64. The molecule has 0 saturated heterocycles. The van der Waals surface area contributed by atoms with E-state index in [9.17, 15) is 5.11 Å². The number of hydrogen-bond acceptors (Lipinski definition) is 3. The number of nitriles is 1. The molecule has 0 aliphatic heterocycles. The van der Waals surface area contributed by atoms with Gasteiger partial charge in [0.2, 0.25) is 0 Å². The number of aliphatic hydroxyl groups is 1. The molecule has 1 atom stereocenters. The van der Waals surface area contributed by atoms with Crippen LogP contribution in [0.25, 0.3) is 0 Å². The van der Waals surface area contributed by atoms with Gasteiger partial charge >= 0.3 is 0 Å². The number of halogens is 1. The van der Waals surface area contributed by atoms with Gasteiger partial charge in [-0.05, 0) is 17.7 Å². The van der Waals surface area contributed by atoms with Gasteiger partial charge in [-0.3, -0.25) is 4.68 Å². The molecule has 0 fully saturated rings. The van der Waals surface area contributed by atoms with E-state index in [1.54, 1.807) is 31.3 Å². The Morgan fingerprint density at radius 3 is 2.53 bits per heavy atom. The second-order valence-corrected chi connectivity index (χ2v) is 4.04. The maximum Gasteiger partial charge on any atom is 0.122 e. The van der Waals surface area contributed by atoms with Crippen molar-refractivity contribution in [3.05, 3.63) is 52.3 Å². The lowest BCUT2D eigenvalue weighted by Gasteiger charge is -2.12. The number of rotatable bonds is 2. The molecule has 1 unspecified atom stereocenters. The van der Waals surface area contributed by atoms with Crippen molar-refractivity contribution in [1.29, 1.82) is 5.26 Å². The number of nitrogens with zero attached hydrogens (tertiary/aromatic N) is 3. The van der Waals surface area contributed by atoms with Crippen LogP contribution in [0.4, 0.5) is 0 Å². The smallest absolute Gasteiger partial charge is 0.122 e. The highest BCUT2D eigenvalue weighted by Crippen LogP contribution is 2.27. The molecule has 17 heavy (non-hydrogen) atoms. The van der Waals surface area contributed by atoms with Gasteiger partial charge in [-0.2, -0.15) is 10.4 Å². The van der Waals surface area contributed by atoms with Gasteiger partial charge in [0.05, 0.1) is 28.5 Å². The van der Waals surface area contributed by atoms with Crippen molar-refractivity contribution in [3.8, 4) is 6.07 Å².